The van der Waals surface area contributed by atoms with Crippen LogP contribution in [0.5, 0.6) is 0 Å². The number of benzene rings is 2. The van der Waals surface area contributed by atoms with Gasteiger partial charge >= 0.3 is 0 Å². The Balaban J connectivity index is 1.56. The van der Waals surface area contributed by atoms with E-state index in [1.807, 2.05) is 6.92 Å². The van der Waals surface area contributed by atoms with Gasteiger partial charge in [0.05, 0.1) is 16.0 Å². The molecule has 1 saturated heterocycles. The van der Waals surface area contributed by atoms with E-state index in [9.17, 15) is 22.8 Å². The number of imide groups is 1. The van der Waals surface area contributed by atoms with Gasteiger partial charge in [-0.3, -0.25) is 19.3 Å². The lowest BCUT2D eigenvalue weighted by atomic mass is 10.1. The Bertz CT molecular complexity index is 1160. The van der Waals surface area contributed by atoms with Crippen molar-refractivity contribution in [3.05, 3.63) is 59.2 Å². The third-order valence-corrected chi connectivity index (χ3v) is 7.41. The molecule has 0 aromatic heterocycles. The molecule has 0 unspecified atom stereocenters. The van der Waals surface area contributed by atoms with Crippen LogP contribution in [0.25, 0.3) is 0 Å². The quantitative estimate of drug-likeness (QED) is 0.752. The van der Waals surface area contributed by atoms with Crippen molar-refractivity contribution in [2.24, 2.45) is 0 Å². The third-order valence-electron chi connectivity index (χ3n) is 5.49. The molecule has 0 spiro atoms. The summed E-state index contributed by atoms with van der Waals surface area (Å²) in [6, 6.07) is 10.2. The molecule has 0 saturated carbocycles. The van der Waals surface area contributed by atoms with Crippen LogP contribution in [0, 0.1) is 6.92 Å². The first-order valence-corrected chi connectivity index (χ1v) is 11.0. The first-order chi connectivity index (χ1) is 14.2. The van der Waals surface area contributed by atoms with E-state index < -0.39 is 27.9 Å². The fourth-order valence-electron chi connectivity index (χ4n) is 3.80. The Kier molecular flexibility index (Phi) is 4.95. The number of fused-ring (bicyclic) bond motifs is 1. The molecule has 0 aliphatic carbocycles. The lowest BCUT2D eigenvalue weighted by Gasteiger charge is -2.23. The molecule has 3 amide bonds. The molecule has 156 valence electrons. The van der Waals surface area contributed by atoms with Crippen molar-refractivity contribution in [1.29, 1.82) is 0 Å². The molecule has 30 heavy (non-hydrogen) atoms. The standard InChI is InChI=1S/C21H21N3O5S/c1-13-5-8-15(9-6-13)30(28,29)24-11-3-4-18(24)19(25)22-14-7-10-16-17(12-14)21(27)23(2)20(16)26/h5-10,12,18H,3-4,11H2,1-2H3,(H,22,25)/t18-/m1/s1. The number of rotatable bonds is 4. The van der Waals surface area contributed by atoms with Crippen LogP contribution < -0.4 is 5.32 Å². The summed E-state index contributed by atoms with van der Waals surface area (Å²) in [5.74, 6) is -1.29. The summed E-state index contributed by atoms with van der Waals surface area (Å²) < 4.78 is 27.3. The summed E-state index contributed by atoms with van der Waals surface area (Å²) in [6.45, 7) is 2.13. The molecule has 2 heterocycles. The van der Waals surface area contributed by atoms with Crippen molar-refractivity contribution in [2.45, 2.75) is 30.7 Å². The number of nitrogens with one attached hydrogen (secondary N) is 1. The highest BCUT2D eigenvalue weighted by Gasteiger charge is 2.40. The van der Waals surface area contributed by atoms with Crippen molar-refractivity contribution in [3.63, 3.8) is 0 Å². The van der Waals surface area contributed by atoms with Crippen LogP contribution in [0.15, 0.2) is 47.4 Å². The van der Waals surface area contributed by atoms with Crippen LogP contribution >= 0.6 is 0 Å². The fourth-order valence-corrected chi connectivity index (χ4v) is 5.46. The average Bonchev–Trinajstić information content (AvgIpc) is 3.30. The minimum atomic E-state index is -3.81. The maximum atomic E-state index is 13.0. The highest BCUT2D eigenvalue weighted by atomic mass is 32.2. The summed E-state index contributed by atoms with van der Waals surface area (Å²) in [4.78, 5) is 38.2. The number of hydrogen-bond donors (Lipinski definition) is 1. The van der Waals surface area contributed by atoms with Crippen LogP contribution in [0.3, 0.4) is 0 Å². The molecule has 9 heteroatoms. The largest absolute Gasteiger partial charge is 0.325 e. The number of aryl methyl sites for hydroxylation is 1. The Labute approximate surface area is 174 Å². The molecular weight excluding hydrogens is 406 g/mol. The first-order valence-electron chi connectivity index (χ1n) is 9.56. The van der Waals surface area contributed by atoms with Gasteiger partial charge in [0.15, 0.2) is 0 Å². The van der Waals surface area contributed by atoms with Gasteiger partial charge in [-0.1, -0.05) is 17.7 Å². The molecule has 0 bridgehead atoms. The van der Waals surface area contributed by atoms with Crippen molar-refractivity contribution in [1.82, 2.24) is 9.21 Å². The second-order valence-corrected chi connectivity index (χ2v) is 9.40. The van der Waals surface area contributed by atoms with Crippen molar-refractivity contribution < 1.29 is 22.8 Å². The van der Waals surface area contributed by atoms with E-state index in [-0.39, 0.29) is 28.5 Å². The lowest BCUT2D eigenvalue weighted by Crippen LogP contribution is -2.43. The van der Waals surface area contributed by atoms with Crippen LogP contribution in [-0.4, -0.2) is 55.0 Å². The smallest absolute Gasteiger partial charge is 0.261 e. The van der Waals surface area contributed by atoms with Gasteiger partial charge in [0.25, 0.3) is 11.8 Å². The number of sulfonamides is 1. The first kappa shape index (κ1) is 20.2. The van der Waals surface area contributed by atoms with Crippen LogP contribution in [-0.2, 0) is 14.8 Å². The van der Waals surface area contributed by atoms with Gasteiger partial charge in [0.1, 0.15) is 6.04 Å². The number of anilines is 1. The Hall–Kier alpha value is -3.04. The predicted molar refractivity (Wildman–Crippen MR) is 110 cm³/mol. The normalized spacial score (nSPS) is 19.3. The van der Waals surface area contributed by atoms with Crippen LogP contribution in [0.2, 0.25) is 0 Å². The minimum Gasteiger partial charge on any atom is -0.325 e. The van der Waals surface area contributed by atoms with E-state index in [0.717, 1.165) is 10.5 Å². The molecule has 2 aromatic rings. The van der Waals surface area contributed by atoms with E-state index in [0.29, 0.717) is 18.5 Å². The summed E-state index contributed by atoms with van der Waals surface area (Å²) >= 11 is 0. The Morgan fingerprint density at radius 3 is 2.40 bits per heavy atom. The van der Waals surface area contributed by atoms with Crippen molar-refractivity contribution >= 4 is 33.4 Å². The van der Waals surface area contributed by atoms with E-state index in [4.69, 9.17) is 0 Å². The van der Waals surface area contributed by atoms with Crippen molar-refractivity contribution in [2.75, 3.05) is 18.9 Å². The van der Waals surface area contributed by atoms with E-state index >= 15 is 0 Å². The fraction of sp³-hybridized carbons (Fsp3) is 0.286. The van der Waals surface area contributed by atoms with Gasteiger partial charge in [-0.25, -0.2) is 8.42 Å². The molecule has 1 atom stereocenters. The molecule has 1 fully saturated rings. The second-order valence-electron chi connectivity index (χ2n) is 7.51. The van der Waals surface area contributed by atoms with Gasteiger partial charge in [0, 0.05) is 19.3 Å². The van der Waals surface area contributed by atoms with Gasteiger partial charge < -0.3 is 5.32 Å². The number of nitrogens with zero attached hydrogens (tertiary/aromatic N) is 2. The SMILES string of the molecule is Cc1ccc(S(=O)(=O)N2CCC[C@@H]2C(=O)Nc2ccc3c(c2)C(=O)N(C)C3=O)cc1. The second kappa shape index (κ2) is 7.33. The van der Waals surface area contributed by atoms with Gasteiger partial charge in [-0.05, 0) is 50.1 Å². The molecule has 2 aliphatic rings. The van der Waals surface area contributed by atoms with E-state index in [1.54, 1.807) is 12.1 Å². The lowest BCUT2D eigenvalue weighted by molar-refractivity contribution is -0.119. The highest BCUT2D eigenvalue weighted by molar-refractivity contribution is 7.89. The minimum absolute atomic E-state index is 0.150. The van der Waals surface area contributed by atoms with Gasteiger partial charge in [-0.2, -0.15) is 4.31 Å². The number of carbonyl (C=O) groups excluding carboxylic acids is 3. The average molecular weight is 427 g/mol. The zero-order chi connectivity index (χ0) is 21.6. The molecule has 1 N–H and O–H groups in total. The Morgan fingerprint density at radius 2 is 1.70 bits per heavy atom. The molecule has 0 radical (unpaired) electrons. The summed E-state index contributed by atoms with van der Waals surface area (Å²) in [6.07, 6.45) is 0.979. The van der Waals surface area contributed by atoms with Gasteiger partial charge in [-0.15, -0.1) is 0 Å². The van der Waals surface area contributed by atoms with Crippen LogP contribution in [0.1, 0.15) is 39.1 Å². The third kappa shape index (κ3) is 3.29. The number of carbonyl (C=O) groups is 3. The summed E-state index contributed by atoms with van der Waals surface area (Å²) in [5, 5.41) is 2.70. The molecule has 4 rings (SSSR count). The predicted octanol–water partition coefficient (Wildman–Crippen LogP) is 2.01. The monoisotopic (exact) mass is 427 g/mol. The summed E-state index contributed by atoms with van der Waals surface area (Å²) in [7, 11) is -2.41. The van der Waals surface area contributed by atoms with Crippen molar-refractivity contribution in [3.8, 4) is 0 Å². The molecular formula is C21H21N3O5S. The summed E-state index contributed by atoms with van der Waals surface area (Å²) in [5.41, 5.74) is 1.79. The number of amides is 3. The maximum Gasteiger partial charge on any atom is 0.261 e. The van der Waals surface area contributed by atoms with E-state index in [1.165, 1.54) is 41.7 Å². The van der Waals surface area contributed by atoms with Crippen LogP contribution in [0.4, 0.5) is 5.69 Å². The van der Waals surface area contributed by atoms with Gasteiger partial charge in [0.2, 0.25) is 15.9 Å². The van der Waals surface area contributed by atoms with E-state index in [2.05, 4.69) is 5.32 Å². The maximum absolute atomic E-state index is 13.0. The molecule has 2 aliphatic heterocycles. The molecule has 2 aromatic carbocycles. The molecule has 8 nitrogen and oxygen atoms in total. The zero-order valence-electron chi connectivity index (χ0n) is 16.6. The Morgan fingerprint density at radius 1 is 1.03 bits per heavy atom. The topological polar surface area (TPSA) is 104 Å². The highest BCUT2D eigenvalue weighted by Crippen LogP contribution is 2.29. The number of hydrogen-bond acceptors (Lipinski definition) is 5. The zero-order valence-corrected chi connectivity index (χ0v) is 17.4.